The summed E-state index contributed by atoms with van der Waals surface area (Å²) in [5.74, 6) is -2.76. The molecule has 11 heteroatoms. The van der Waals surface area contributed by atoms with E-state index < -0.39 is 29.4 Å². The lowest BCUT2D eigenvalue weighted by molar-refractivity contribution is -0.153. The molecule has 2 N–H and O–H groups in total. The lowest BCUT2D eigenvalue weighted by Gasteiger charge is -2.28. The third-order valence-corrected chi connectivity index (χ3v) is 6.95. The van der Waals surface area contributed by atoms with Crippen molar-refractivity contribution in [3.05, 3.63) is 71.6 Å². The number of ether oxygens (including phenoxy) is 1. The van der Waals surface area contributed by atoms with E-state index in [4.69, 9.17) is 9.15 Å². The first kappa shape index (κ1) is 28.8. The summed E-state index contributed by atoms with van der Waals surface area (Å²) in [6.45, 7) is -0.192. The van der Waals surface area contributed by atoms with Gasteiger partial charge >= 0.3 is 12.1 Å². The molecule has 1 heterocycles. The van der Waals surface area contributed by atoms with E-state index in [9.17, 15) is 27.6 Å². The Balaban J connectivity index is 1.26. The van der Waals surface area contributed by atoms with Gasteiger partial charge < -0.3 is 19.8 Å². The SMILES string of the molecule is COC(=O)C[C@H]1CC[C@H](c2ccc(NC(=O)CCNC(=O)c3nc(-c4ccccc4)oc3C(F)(F)F)cc2)CC1. The molecule has 0 saturated heterocycles. The van der Waals surface area contributed by atoms with Crippen molar-refractivity contribution in [1.29, 1.82) is 0 Å². The number of esters is 1. The van der Waals surface area contributed by atoms with Gasteiger partial charge in [0.25, 0.3) is 5.91 Å². The molecule has 0 spiro atoms. The maximum absolute atomic E-state index is 13.5. The van der Waals surface area contributed by atoms with Crippen molar-refractivity contribution in [3.8, 4) is 11.5 Å². The molecule has 1 aromatic heterocycles. The van der Waals surface area contributed by atoms with E-state index in [1.54, 1.807) is 30.3 Å². The van der Waals surface area contributed by atoms with Gasteiger partial charge in [0.05, 0.1) is 7.11 Å². The third kappa shape index (κ3) is 7.49. The van der Waals surface area contributed by atoms with E-state index in [1.807, 2.05) is 12.1 Å². The maximum Gasteiger partial charge on any atom is 0.452 e. The number of amides is 2. The molecule has 2 aromatic carbocycles. The number of halogens is 3. The van der Waals surface area contributed by atoms with E-state index in [1.165, 1.54) is 19.2 Å². The molecule has 3 aromatic rings. The van der Waals surface area contributed by atoms with Crippen molar-refractivity contribution in [2.75, 3.05) is 19.0 Å². The van der Waals surface area contributed by atoms with E-state index in [2.05, 4.69) is 15.6 Å². The third-order valence-electron chi connectivity index (χ3n) is 6.95. The molecular formula is C29H30F3N3O5. The summed E-state index contributed by atoms with van der Waals surface area (Å²) in [4.78, 5) is 40.1. The topological polar surface area (TPSA) is 111 Å². The first-order valence-electron chi connectivity index (χ1n) is 13.0. The van der Waals surface area contributed by atoms with Gasteiger partial charge in [-0.2, -0.15) is 13.2 Å². The summed E-state index contributed by atoms with van der Waals surface area (Å²) in [6, 6.07) is 15.4. The Kier molecular flexibility index (Phi) is 9.23. The lowest BCUT2D eigenvalue weighted by Crippen LogP contribution is -2.29. The zero-order chi connectivity index (χ0) is 28.7. The van der Waals surface area contributed by atoms with E-state index in [0.717, 1.165) is 31.2 Å². The number of hydrogen-bond acceptors (Lipinski definition) is 6. The summed E-state index contributed by atoms with van der Waals surface area (Å²) < 4.78 is 50.0. The first-order valence-corrected chi connectivity index (χ1v) is 13.0. The number of nitrogens with one attached hydrogen (secondary N) is 2. The molecule has 1 fully saturated rings. The molecule has 0 unspecified atom stereocenters. The average Bonchev–Trinajstić information content (AvgIpc) is 3.41. The Morgan fingerprint density at radius 1 is 1.00 bits per heavy atom. The van der Waals surface area contributed by atoms with Crippen molar-refractivity contribution >= 4 is 23.5 Å². The van der Waals surface area contributed by atoms with E-state index in [0.29, 0.717) is 29.5 Å². The number of hydrogen-bond donors (Lipinski definition) is 2. The van der Waals surface area contributed by atoms with Gasteiger partial charge in [0.15, 0.2) is 5.69 Å². The van der Waals surface area contributed by atoms with Gasteiger partial charge in [-0.1, -0.05) is 30.3 Å². The van der Waals surface area contributed by atoms with Crippen molar-refractivity contribution in [2.24, 2.45) is 5.92 Å². The number of rotatable bonds is 9. The fourth-order valence-corrected chi connectivity index (χ4v) is 4.82. The Bertz CT molecular complexity index is 1310. The molecule has 0 atom stereocenters. The summed E-state index contributed by atoms with van der Waals surface area (Å²) in [5, 5.41) is 5.04. The van der Waals surface area contributed by atoms with Crippen molar-refractivity contribution < 1.29 is 36.7 Å². The van der Waals surface area contributed by atoms with Gasteiger partial charge in [-0.25, -0.2) is 4.98 Å². The number of oxazole rings is 1. The van der Waals surface area contributed by atoms with Gasteiger partial charge in [-0.05, 0) is 67.3 Å². The number of benzene rings is 2. The molecule has 0 aliphatic heterocycles. The zero-order valence-electron chi connectivity index (χ0n) is 21.9. The fraction of sp³-hybridized carbons (Fsp3) is 0.379. The van der Waals surface area contributed by atoms with Crippen LogP contribution in [0.2, 0.25) is 0 Å². The minimum absolute atomic E-state index is 0.150. The summed E-state index contributed by atoms with van der Waals surface area (Å²) in [6.07, 6.45) is -0.762. The molecule has 212 valence electrons. The van der Waals surface area contributed by atoms with Crippen LogP contribution in [0, 0.1) is 5.92 Å². The minimum Gasteiger partial charge on any atom is -0.469 e. The van der Waals surface area contributed by atoms with Crippen LogP contribution < -0.4 is 10.6 Å². The predicted molar refractivity (Wildman–Crippen MR) is 140 cm³/mol. The number of carbonyl (C=O) groups is 3. The molecule has 4 rings (SSSR count). The zero-order valence-corrected chi connectivity index (χ0v) is 21.9. The first-order chi connectivity index (χ1) is 19.1. The number of alkyl halides is 3. The fourth-order valence-electron chi connectivity index (χ4n) is 4.82. The number of methoxy groups -OCH3 is 1. The second-order valence-corrected chi connectivity index (χ2v) is 9.73. The highest BCUT2D eigenvalue weighted by atomic mass is 19.4. The molecule has 40 heavy (non-hydrogen) atoms. The van der Waals surface area contributed by atoms with Gasteiger partial charge in [0.1, 0.15) is 0 Å². The van der Waals surface area contributed by atoms with Gasteiger partial charge in [-0.15, -0.1) is 0 Å². The highest BCUT2D eigenvalue weighted by molar-refractivity contribution is 5.95. The largest absolute Gasteiger partial charge is 0.469 e. The van der Waals surface area contributed by atoms with Crippen LogP contribution >= 0.6 is 0 Å². The highest BCUT2D eigenvalue weighted by Crippen LogP contribution is 2.38. The summed E-state index contributed by atoms with van der Waals surface area (Å²) in [5.41, 5.74) is 1.14. The highest BCUT2D eigenvalue weighted by Gasteiger charge is 2.42. The summed E-state index contributed by atoms with van der Waals surface area (Å²) in [7, 11) is 1.40. The average molecular weight is 558 g/mol. The monoisotopic (exact) mass is 557 g/mol. The second kappa shape index (κ2) is 12.8. The van der Waals surface area contributed by atoms with Gasteiger partial charge in [0, 0.05) is 30.6 Å². The van der Waals surface area contributed by atoms with Crippen LogP contribution in [-0.2, 0) is 20.5 Å². The van der Waals surface area contributed by atoms with Crippen molar-refractivity contribution in [3.63, 3.8) is 0 Å². The molecule has 0 radical (unpaired) electrons. The number of aromatic nitrogens is 1. The molecule has 1 aliphatic carbocycles. The second-order valence-electron chi connectivity index (χ2n) is 9.73. The number of anilines is 1. The van der Waals surface area contributed by atoms with Gasteiger partial charge in [-0.3, -0.25) is 14.4 Å². The van der Waals surface area contributed by atoms with Crippen LogP contribution in [0.3, 0.4) is 0 Å². The molecule has 0 bridgehead atoms. The maximum atomic E-state index is 13.5. The van der Waals surface area contributed by atoms with Crippen LogP contribution in [-0.4, -0.2) is 36.4 Å². The van der Waals surface area contributed by atoms with Crippen LogP contribution in [0.1, 0.15) is 66.3 Å². The Labute approximate surface area is 229 Å². The van der Waals surface area contributed by atoms with Crippen LogP contribution in [0.4, 0.5) is 18.9 Å². The van der Waals surface area contributed by atoms with E-state index in [-0.39, 0.29) is 24.8 Å². The Morgan fingerprint density at radius 3 is 2.30 bits per heavy atom. The molecular weight excluding hydrogens is 527 g/mol. The standard InChI is InChI=1S/C29H30F3N3O5/c1-39-24(37)17-18-7-9-19(10-8-18)20-11-13-22(14-12-20)34-23(36)15-16-33-27(38)25-26(29(30,31)32)40-28(35-25)21-5-3-2-4-6-21/h2-6,11-14,18-19H,7-10,15-17H2,1H3,(H,33,38)(H,34,36)/t18-,19-. The van der Waals surface area contributed by atoms with Crippen molar-refractivity contribution in [1.82, 2.24) is 10.3 Å². The van der Waals surface area contributed by atoms with Crippen LogP contribution in [0.15, 0.2) is 59.0 Å². The molecule has 2 amide bonds. The number of nitrogens with zero attached hydrogens (tertiary/aromatic N) is 1. The van der Waals surface area contributed by atoms with E-state index >= 15 is 0 Å². The normalized spacial score (nSPS) is 17.2. The Hall–Kier alpha value is -4.15. The smallest absolute Gasteiger partial charge is 0.452 e. The molecule has 1 saturated carbocycles. The van der Waals surface area contributed by atoms with Gasteiger partial charge in [0.2, 0.25) is 17.6 Å². The number of carbonyl (C=O) groups excluding carboxylic acids is 3. The molecule has 8 nitrogen and oxygen atoms in total. The quantitative estimate of drug-likeness (QED) is 0.315. The van der Waals surface area contributed by atoms with Crippen molar-refractivity contribution in [2.45, 2.75) is 50.6 Å². The predicted octanol–water partition coefficient (Wildman–Crippen LogP) is 5.96. The summed E-state index contributed by atoms with van der Waals surface area (Å²) >= 11 is 0. The minimum atomic E-state index is -4.92. The molecule has 1 aliphatic rings. The Morgan fingerprint density at radius 2 is 1.68 bits per heavy atom. The van der Waals surface area contributed by atoms with Crippen LogP contribution in [0.25, 0.3) is 11.5 Å². The lowest BCUT2D eigenvalue weighted by atomic mass is 9.77. The van der Waals surface area contributed by atoms with Crippen LogP contribution in [0.5, 0.6) is 0 Å².